The summed E-state index contributed by atoms with van der Waals surface area (Å²) >= 11 is 0. The van der Waals surface area contributed by atoms with Crippen LogP contribution in [-0.4, -0.2) is 104 Å². The maximum absolute atomic E-state index is 11.1. The fourth-order valence-electron chi connectivity index (χ4n) is 2.88. The molecule has 0 bridgehead atoms. The number of nitrogens with zero attached hydrogens (tertiary/aromatic N) is 1. The Morgan fingerprint density at radius 1 is 0.765 bits per heavy atom. The number of hydrogen-bond acceptors (Lipinski definition) is 11. The van der Waals surface area contributed by atoms with E-state index in [0.29, 0.717) is 12.8 Å². The molecule has 5 N–H and O–H groups in total. The van der Waals surface area contributed by atoms with Crippen LogP contribution in [-0.2, 0) is 53.6 Å². The maximum atomic E-state index is 11.1. The summed E-state index contributed by atoms with van der Waals surface area (Å²) in [5, 5.41) is 12.1. The fourth-order valence-corrected chi connectivity index (χ4v) is 7.60. The van der Waals surface area contributed by atoms with Crippen LogP contribution in [0, 0.1) is 0 Å². The highest BCUT2D eigenvalue weighted by molar-refractivity contribution is 8.04. The number of hydrogen-bond donors (Lipinski definition) is 3. The average molecular weight is 615 g/mol. The van der Waals surface area contributed by atoms with Crippen molar-refractivity contribution in [1.82, 2.24) is 9.62 Å². The molecular weight excluding hydrogens is 580 g/mol. The quantitative estimate of drug-likeness (QED) is 0.271. The van der Waals surface area contributed by atoms with Gasteiger partial charge in [-0.2, -0.15) is 12.0 Å². The third-order valence-electron chi connectivity index (χ3n) is 4.35. The van der Waals surface area contributed by atoms with Crippen LogP contribution in [0.1, 0.15) is 25.7 Å². The van der Waals surface area contributed by atoms with Crippen molar-refractivity contribution in [3.05, 3.63) is 0 Å². The average Bonchev–Trinajstić information content (AvgIpc) is 2.58. The molecular formula is C14H35ClN4O10S5. The Hall–Kier alpha value is -0.0900. The monoisotopic (exact) mass is 614 g/mol. The Bertz CT molecular complexity index is 1090. The molecule has 2 aliphatic rings. The Balaban J connectivity index is 0. The van der Waals surface area contributed by atoms with E-state index in [-0.39, 0.29) is 43.6 Å². The van der Waals surface area contributed by atoms with Crippen molar-refractivity contribution >= 4 is 68.3 Å². The van der Waals surface area contributed by atoms with E-state index in [4.69, 9.17) is 10.3 Å². The lowest BCUT2D eigenvalue weighted by Crippen LogP contribution is -2.43. The van der Waals surface area contributed by atoms with Crippen LogP contribution in [0.25, 0.3) is 0 Å². The summed E-state index contributed by atoms with van der Waals surface area (Å²) in [4.78, 5) is 0. The van der Waals surface area contributed by atoms with Gasteiger partial charge in [0.1, 0.15) is 0 Å². The third-order valence-corrected chi connectivity index (χ3v) is 10.6. The summed E-state index contributed by atoms with van der Waals surface area (Å²) in [5.74, 6) is 2.98. The highest BCUT2D eigenvalue weighted by atomic mass is 35.5. The zero-order valence-corrected chi connectivity index (χ0v) is 24.1. The van der Waals surface area contributed by atoms with Gasteiger partial charge in [-0.1, -0.05) is 0 Å². The number of piperidine rings is 2. The van der Waals surface area contributed by atoms with Crippen LogP contribution in [0.3, 0.4) is 0 Å². The van der Waals surface area contributed by atoms with Gasteiger partial charge in [0.25, 0.3) is 10.1 Å². The van der Waals surface area contributed by atoms with Crippen molar-refractivity contribution in [1.29, 1.82) is 0 Å². The van der Waals surface area contributed by atoms with Crippen LogP contribution < -0.4 is 15.6 Å². The Kier molecular flexibility index (Phi) is 14.9. The van der Waals surface area contributed by atoms with E-state index in [1.165, 1.54) is 4.31 Å². The minimum Gasteiger partial charge on any atom is -0.317 e. The minimum atomic E-state index is -3.62. The topological polar surface area (TPSA) is 230 Å². The first-order chi connectivity index (χ1) is 14.5. The van der Waals surface area contributed by atoms with Gasteiger partial charge >= 0.3 is 0 Å². The predicted octanol–water partition coefficient (Wildman–Crippen LogP) is -2.63. The van der Waals surface area contributed by atoms with Gasteiger partial charge in [0, 0.05) is 19.3 Å². The molecule has 0 saturated carbocycles. The van der Waals surface area contributed by atoms with E-state index in [9.17, 15) is 37.9 Å². The molecule has 2 aliphatic heterocycles. The number of nitrogens with two attached hydrogens (primary N) is 2. The van der Waals surface area contributed by atoms with Gasteiger partial charge in [-0.25, -0.2) is 44.0 Å². The molecule has 0 radical (unpaired) electrons. The summed E-state index contributed by atoms with van der Waals surface area (Å²) in [6.45, 7) is 2.00. The molecule has 0 amide bonds. The molecule has 34 heavy (non-hydrogen) atoms. The van der Waals surface area contributed by atoms with E-state index in [2.05, 4.69) is 14.8 Å². The molecule has 0 aromatic heterocycles. The molecule has 0 spiro atoms. The molecule has 14 nitrogen and oxygen atoms in total. The van der Waals surface area contributed by atoms with Gasteiger partial charge in [0.2, 0.25) is 30.1 Å². The van der Waals surface area contributed by atoms with Crippen molar-refractivity contribution in [3.8, 4) is 0 Å². The second-order valence-electron chi connectivity index (χ2n) is 7.69. The number of primary sulfonamides is 2. The first-order valence-electron chi connectivity index (χ1n) is 9.44. The van der Waals surface area contributed by atoms with Crippen molar-refractivity contribution in [2.45, 2.75) is 36.2 Å². The maximum Gasteiger partial charge on any atom is 0.276 e. The summed E-state index contributed by atoms with van der Waals surface area (Å²) in [6, 6.07) is 0. The molecule has 208 valence electrons. The van der Waals surface area contributed by atoms with Gasteiger partial charge in [0.05, 0.1) is 32.8 Å². The standard InChI is InChI=1S/C6H14N2O4S2.C5H12N2O2S.C3H8O4S2.ClH/c1-13(9,10)8-4-2-6(3-5-8)14(7,11)12;6-10(8,9)5-1-3-7-4-2-5;1-8(2,4)7-9(3,5)6;/h6H,2-5H2,1H3,(H2,7,11,12);5,7H,1-4H2,(H2,6,8,9);1H2,2-3H3;1H. The second-order valence-corrected chi connectivity index (χ2v) is 17.2. The molecule has 1 atom stereocenters. The van der Waals surface area contributed by atoms with Crippen molar-refractivity contribution in [2.24, 2.45) is 10.3 Å². The molecule has 0 aromatic rings. The zero-order valence-electron chi connectivity index (χ0n) is 19.2. The molecule has 0 aromatic carbocycles. The summed E-state index contributed by atoms with van der Waals surface area (Å²) < 4.78 is 102. The molecule has 2 rings (SSSR count). The van der Waals surface area contributed by atoms with E-state index in [0.717, 1.165) is 31.9 Å². The second kappa shape index (κ2) is 14.0. The van der Waals surface area contributed by atoms with Gasteiger partial charge in [-0.3, -0.25) is 0 Å². The predicted molar refractivity (Wildman–Crippen MR) is 136 cm³/mol. The number of rotatable bonds is 5. The first kappa shape index (κ1) is 36.1. The molecule has 0 aliphatic carbocycles. The smallest absolute Gasteiger partial charge is 0.276 e. The van der Waals surface area contributed by atoms with Gasteiger partial charge in [-0.05, 0) is 44.6 Å². The number of nitrogens with one attached hydrogen (secondary N) is 1. The van der Waals surface area contributed by atoms with E-state index >= 15 is 0 Å². The lowest BCUT2D eigenvalue weighted by Gasteiger charge is -2.28. The van der Waals surface area contributed by atoms with E-state index in [1.54, 1.807) is 0 Å². The Morgan fingerprint density at radius 3 is 1.32 bits per heavy atom. The molecule has 2 saturated heterocycles. The van der Waals surface area contributed by atoms with E-state index in [1.807, 2.05) is 0 Å². The Morgan fingerprint density at radius 2 is 1.12 bits per heavy atom. The first-order valence-corrected chi connectivity index (χ1v) is 18.4. The third kappa shape index (κ3) is 17.4. The Labute approximate surface area is 210 Å². The lowest BCUT2D eigenvalue weighted by molar-refractivity contribution is 0.348. The van der Waals surface area contributed by atoms with Gasteiger partial charge < -0.3 is 5.32 Å². The zero-order chi connectivity index (χ0) is 26.3. The van der Waals surface area contributed by atoms with E-state index < -0.39 is 55.2 Å². The van der Waals surface area contributed by atoms with Gasteiger partial charge in [-0.15, -0.1) is 12.4 Å². The summed E-state index contributed by atoms with van der Waals surface area (Å²) in [6.07, 6.45) is 4.91. The van der Waals surface area contributed by atoms with Crippen molar-refractivity contribution in [2.75, 3.05) is 44.9 Å². The molecule has 20 heteroatoms. The van der Waals surface area contributed by atoms with Crippen LogP contribution in [0.5, 0.6) is 0 Å². The summed E-state index contributed by atoms with van der Waals surface area (Å²) in [7, 11) is -16.5. The highest BCUT2D eigenvalue weighted by Gasteiger charge is 2.30. The SMILES string of the molecule is C=S(C)(=O)OS(C)(=O)=O.CS(=O)(=O)N1CCC(S(N)(=O)=O)CC1.Cl.NS(=O)(=O)C1CCNCC1. The molecule has 1 unspecified atom stereocenters. The molecule has 2 fully saturated rings. The van der Waals surface area contributed by atoms with Crippen molar-refractivity contribution in [3.63, 3.8) is 0 Å². The number of halogens is 1. The number of sulfonamides is 3. The van der Waals surface area contributed by atoms with Crippen LogP contribution in [0.4, 0.5) is 0 Å². The van der Waals surface area contributed by atoms with Crippen molar-refractivity contribution < 1.29 is 41.5 Å². The van der Waals surface area contributed by atoms with Gasteiger partial charge in [0.15, 0.2) is 0 Å². The largest absolute Gasteiger partial charge is 0.317 e. The lowest BCUT2D eigenvalue weighted by atomic mass is 10.2. The molecule has 2 heterocycles. The minimum absolute atomic E-state index is 0. The van der Waals surface area contributed by atoms with Crippen LogP contribution >= 0.6 is 12.4 Å². The summed E-state index contributed by atoms with van der Waals surface area (Å²) in [5.41, 5.74) is 0. The van der Waals surface area contributed by atoms with Crippen LogP contribution in [0.2, 0.25) is 0 Å². The highest BCUT2D eigenvalue weighted by Crippen LogP contribution is 2.17. The normalized spacial score (nSPS) is 21.0. The van der Waals surface area contributed by atoms with Crippen LogP contribution in [0.15, 0.2) is 0 Å². The fraction of sp³-hybridized carbons (Fsp3) is 0.929.